The van der Waals surface area contributed by atoms with Crippen molar-refractivity contribution in [3.05, 3.63) is 12.2 Å². The topological polar surface area (TPSA) is 15.3 Å². The lowest BCUT2D eigenvalue weighted by Crippen LogP contribution is -2.52. The van der Waals surface area contributed by atoms with E-state index in [4.69, 9.17) is 11.6 Å². The van der Waals surface area contributed by atoms with Crippen LogP contribution in [0.5, 0.6) is 0 Å². The van der Waals surface area contributed by atoms with E-state index in [1.807, 2.05) is 0 Å². The molecule has 0 radical (unpaired) electrons. The van der Waals surface area contributed by atoms with Crippen LogP contribution in [0.3, 0.4) is 0 Å². The lowest BCUT2D eigenvalue weighted by Gasteiger charge is -2.48. The molecule has 3 unspecified atom stereocenters. The minimum Gasteiger partial charge on any atom is -0.313 e. The highest BCUT2D eigenvalue weighted by molar-refractivity contribution is 6.21. The molecule has 4 atom stereocenters. The van der Waals surface area contributed by atoms with Crippen molar-refractivity contribution in [1.29, 1.82) is 0 Å². The molecule has 1 aliphatic heterocycles. The van der Waals surface area contributed by atoms with Crippen molar-refractivity contribution in [1.82, 2.24) is 10.2 Å². The summed E-state index contributed by atoms with van der Waals surface area (Å²) in [5.41, 5.74) is 0.389. The highest BCUT2D eigenvalue weighted by Crippen LogP contribution is 2.43. The van der Waals surface area contributed by atoms with Gasteiger partial charge in [0.05, 0.1) is 5.38 Å². The Hall–Kier alpha value is -0.0500. The Kier molecular flexibility index (Phi) is 7.01. The van der Waals surface area contributed by atoms with E-state index < -0.39 is 0 Å². The summed E-state index contributed by atoms with van der Waals surface area (Å²) in [4.78, 5) is 2.70. The monoisotopic (exact) mass is 340 g/mol. The standard InChI is InChI=1S/C20H37ClN2/c1-6-22-19(15(2)3)13-23-12-11-18(20(4,5)14-23)16-7-9-17(21)10-8-16/h7,9,15-19,22H,6,8,10-14H2,1-5H3/t16?,17?,18?,19-/m0/s1. The first-order chi connectivity index (χ1) is 10.8. The zero-order valence-corrected chi connectivity index (χ0v) is 16.6. The van der Waals surface area contributed by atoms with Crippen molar-refractivity contribution in [2.75, 3.05) is 26.2 Å². The summed E-state index contributed by atoms with van der Waals surface area (Å²) in [5.74, 6) is 2.23. The number of nitrogens with one attached hydrogen (secondary N) is 1. The van der Waals surface area contributed by atoms with Gasteiger partial charge in [0, 0.05) is 19.1 Å². The lowest BCUT2D eigenvalue weighted by molar-refractivity contribution is 0.0221. The van der Waals surface area contributed by atoms with Gasteiger partial charge in [0.15, 0.2) is 0 Å². The molecule has 0 amide bonds. The van der Waals surface area contributed by atoms with Gasteiger partial charge in [0.2, 0.25) is 0 Å². The molecule has 1 aliphatic carbocycles. The number of allylic oxidation sites excluding steroid dienone is 2. The minimum absolute atomic E-state index is 0.265. The van der Waals surface area contributed by atoms with Crippen molar-refractivity contribution in [2.45, 2.75) is 65.3 Å². The van der Waals surface area contributed by atoms with E-state index in [9.17, 15) is 0 Å². The molecule has 1 heterocycles. The second-order valence-corrected chi connectivity index (χ2v) is 9.23. The normalized spacial score (nSPS) is 33.1. The zero-order chi connectivity index (χ0) is 17.0. The summed E-state index contributed by atoms with van der Waals surface area (Å²) < 4.78 is 0. The molecule has 0 aromatic carbocycles. The van der Waals surface area contributed by atoms with Crippen LogP contribution >= 0.6 is 11.6 Å². The van der Waals surface area contributed by atoms with Crippen LogP contribution in [0.2, 0.25) is 0 Å². The third-order valence-electron chi connectivity index (χ3n) is 5.98. The van der Waals surface area contributed by atoms with Crippen LogP contribution in [0.25, 0.3) is 0 Å². The molecule has 1 saturated heterocycles. The number of piperidine rings is 1. The Morgan fingerprint density at radius 2 is 1.96 bits per heavy atom. The summed E-state index contributed by atoms with van der Waals surface area (Å²) >= 11 is 6.23. The Balaban J connectivity index is 1.95. The fraction of sp³-hybridized carbons (Fsp3) is 0.900. The molecule has 2 rings (SSSR count). The second kappa shape index (κ2) is 8.36. The summed E-state index contributed by atoms with van der Waals surface area (Å²) in [7, 11) is 0. The molecular formula is C20H37ClN2. The maximum Gasteiger partial charge on any atom is 0.0516 e. The van der Waals surface area contributed by atoms with Gasteiger partial charge in [-0.2, -0.15) is 0 Å². The number of hydrogen-bond acceptors (Lipinski definition) is 2. The first-order valence-electron chi connectivity index (χ1n) is 9.61. The van der Waals surface area contributed by atoms with Gasteiger partial charge < -0.3 is 10.2 Å². The summed E-state index contributed by atoms with van der Waals surface area (Å²) in [6.07, 6.45) is 8.39. The number of alkyl halides is 1. The molecule has 0 bridgehead atoms. The summed E-state index contributed by atoms with van der Waals surface area (Å²) in [6.45, 7) is 16.6. The molecular weight excluding hydrogens is 304 g/mol. The van der Waals surface area contributed by atoms with Crippen LogP contribution in [-0.2, 0) is 0 Å². The van der Waals surface area contributed by atoms with Crippen LogP contribution < -0.4 is 5.32 Å². The molecule has 2 nitrogen and oxygen atoms in total. The van der Waals surface area contributed by atoms with E-state index in [-0.39, 0.29) is 5.38 Å². The second-order valence-electron chi connectivity index (χ2n) is 8.67. The van der Waals surface area contributed by atoms with Gasteiger partial charge in [-0.05, 0) is 55.5 Å². The highest BCUT2D eigenvalue weighted by atomic mass is 35.5. The predicted molar refractivity (Wildman–Crippen MR) is 102 cm³/mol. The number of likely N-dealkylation sites (tertiary alicyclic amines) is 1. The van der Waals surface area contributed by atoms with Gasteiger partial charge in [0.25, 0.3) is 0 Å². The Bertz CT molecular complexity index is 391. The zero-order valence-electron chi connectivity index (χ0n) is 15.8. The number of rotatable bonds is 6. The average molecular weight is 341 g/mol. The first-order valence-corrected chi connectivity index (χ1v) is 10.0. The largest absolute Gasteiger partial charge is 0.313 e. The molecule has 3 heteroatoms. The average Bonchev–Trinajstić information content (AvgIpc) is 2.47. The van der Waals surface area contributed by atoms with Crippen LogP contribution in [-0.4, -0.2) is 42.5 Å². The maximum absolute atomic E-state index is 6.23. The van der Waals surface area contributed by atoms with Crippen LogP contribution in [0.4, 0.5) is 0 Å². The molecule has 1 fully saturated rings. The van der Waals surface area contributed by atoms with Gasteiger partial charge >= 0.3 is 0 Å². The van der Waals surface area contributed by atoms with Gasteiger partial charge in [-0.3, -0.25) is 0 Å². The third-order valence-corrected chi connectivity index (χ3v) is 6.34. The van der Waals surface area contributed by atoms with Crippen molar-refractivity contribution >= 4 is 11.6 Å². The van der Waals surface area contributed by atoms with Crippen molar-refractivity contribution in [2.24, 2.45) is 23.2 Å². The molecule has 0 aromatic rings. The van der Waals surface area contributed by atoms with E-state index >= 15 is 0 Å². The van der Waals surface area contributed by atoms with Crippen LogP contribution in [0, 0.1) is 23.2 Å². The third kappa shape index (κ3) is 5.21. The fourth-order valence-electron chi connectivity index (χ4n) is 4.63. The van der Waals surface area contributed by atoms with E-state index in [0.29, 0.717) is 17.4 Å². The quantitative estimate of drug-likeness (QED) is 0.564. The van der Waals surface area contributed by atoms with E-state index in [1.54, 1.807) is 0 Å². The fourth-order valence-corrected chi connectivity index (χ4v) is 4.84. The number of likely N-dealkylation sites (N-methyl/N-ethyl adjacent to an activating group) is 1. The first kappa shape index (κ1) is 19.3. The Morgan fingerprint density at radius 1 is 1.22 bits per heavy atom. The van der Waals surface area contributed by atoms with Crippen molar-refractivity contribution in [3.63, 3.8) is 0 Å². The molecule has 0 spiro atoms. The highest BCUT2D eigenvalue weighted by Gasteiger charge is 2.40. The van der Waals surface area contributed by atoms with Crippen LogP contribution in [0.1, 0.15) is 53.9 Å². The van der Waals surface area contributed by atoms with E-state index in [1.165, 1.54) is 32.5 Å². The Morgan fingerprint density at radius 3 is 2.48 bits per heavy atom. The summed E-state index contributed by atoms with van der Waals surface area (Å²) in [6, 6.07) is 0.610. The van der Waals surface area contributed by atoms with Gasteiger partial charge in [-0.15, -0.1) is 11.6 Å². The molecule has 0 aromatic heterocycles. The van der Waals surface area contributed by atoms with Gasteiger partial charge in [0.1, 0.15) is 0 Å². The number of nitrogens with zero attached hydrogens (tertiary/aromatic N) is 1. The number of hydrogen-bond donors (Lipinski definition) is 1. The molecule has 134 valence electrons. The SMILES string of the molecule is CCN[C@@H](CN1CCC(C2C=CC(Cl)CC2)C(C)(C)C1)C(C)C. The molecule has 1 N–H and O–H groups in total. The minimum atomic E-state index is 0.265. The maximum atomic E-state index is 6.23. The van der Waals surface area contributed by atoms with Crippen molar-refractivity contribution < 1.29 is 0 Å². The van der Waals surface area contributed by atoms with Gasteiger partial charge in [-0.1, -0.05) is 46.8 Å². The lowest BCUT2D eigenvalue weighted by atomic mass is 9.65. The van der Waals surface area contributed by atoms with E-state index in [2.05, 4.69) is 57.0 Å². The smallest absolute Gasteiger partial charge is 0.0516 e. The van der Waals surface area contributed by atoms with Crippen molar-refractivity contribution in [3.8, 4) is 0 Å². The van der Waals surface area contributed by atoms with Gasteiger partial charge in [-0.25, -0.2) is 0 Å². The predicted octanol–water partition coefficient (Wildman–Crippen LogP) is 4.54. The Labute approximate surface area is 149 Å². The summed E-state index contributed by atoms with van der Waals surface area (Å²) in [5, 5.41) is 3.93. The molecule has 2 aliphatic rings. The van der Waals surface area contributed by atoms with Crippen LogP contribution in [0.15, 0.2) is 12.2 Å². The molecule has 0 saturated carbocycles. The molecule has 23 heavy (non-hydrogen) atoms. The van der Waals surface area contributed by atoms with E-state index in [0.717, 1.165) is 24.8 Å². The number of halogens is 1.